The highest BCUT2D eigenvalue weighted by molar-refractivity contribution is 6.39. The van der Waals surface area contributed by atoms with Crippen LogP contribution in [0.15, 0.2) is 36.4 Å². The minimum Gasteiger partial charge on any atom is -0.493 e. The van der Waals surface area contributed by atoms with E-state index in [0.29, 0.717) is 18.8 Å². The van der Waals surface area contributed by atoms with Crippen molar-refractivity contribution in [3.8, 4) is 5.75 Å². The quantitative estimate of drug-likeness (QED) is 0.781. The molecule has 0 saturated heterocycles. The zero-order valence-electron chi connectivity index (χ0n) is 16.8. The number of nitrogens with one attached hydrogen (secondary N) is 2. The van der Waals surface area contributed by atoms with Gasteiger partial charge in [0, 0.05) is 18.7 Å². The van der Waals surface area contributed by atoms with E-state index in [4.69, 9.17) is 4.74 Å². The van der Waals surface area contributed by atoms with Gasteiger partial charge in [-0.1, -0.05) is 30.3 Å². The van der Waals surface area contributed by atoms with E-state index in [2.05, 4.69) is 16.7 Å². The number of hydrogen-bond acceptors (Lipinski definition) is 4. The summed E-state index contributed by atoms with van der Waals surface area (Å²) in [5.74, 6) is -0.366. The predicted molar refractivity (Wildman–Crippen MR) is 110 cm³/mol. The Morgan fingerprint density at radius 2 is 1.82 bits per heavy atom. The standard InChI is InChI=1S/C22H27N3O3/c1-14-6-5-7-15(2)20(14)24-22(27)21(26)23-13-18(25(3)4)16-8-9-19-17(12-16)10-11-28-19/h5-9,12,18H,10-11,13H2,1-4H3,(H,23,26)(H,24,27). The van der Waals surface area contributed by atoms with Gasteiger partial charge in [0.1, 0.15) is 5.75 Å². The summed E-state index contributed by atoms with van der Waals surface area (Å²) in [5, 5.41) is 5.49. The second-order valence-corrected chi connectivity index (χ2v) is 7.38. The van der Waals surface area contributed by atoms with Crippen LogP contribution in [0, 0.1) is 13.8 Å². The second kappa shape index (κ2) is 8.44. The first kappa shape index (κ1) is 19.9. The first-order valence-corrected chi connectivity index (χ1v) is 9.44. The molecule has 6 nitrogen and oxygen atoms in total. The average Bonchev–Trinajstić information content (AvgIpc) is 3.12. The molecule has 0 aromatic heterocycles. The lowest BCUT2D eigenvalue weighted by Crippen LogP contribution is -2.40. The van der Waals surface area contributed by atoms with Gasteiger partial charge < -0.3 is 20.3 Å². The van der Waals surface area contributed by atoms with E-state index in [0.717, 1.165) is 28.9 Å². The maximum Gasteiger partial charge on any atom is 0.313 e. The van der Waals surface area contributed by atoms with Crippen molar-refractivity contribution in [2.45, 2.75) is 26.3 Å². The minimum atomic E-state index is -0.655. The fourth-order valence-corrected chi connectivity index (χ4v) is 3.46. The number of likely N-dealkylation sites (N-methyl/N-ethyl adjacent to an activating group) is 1. The van der Waals surface area contributed by atoms with Crippen molar-refractivity contribution in [1.82, 2.24) is 10.2 Å². The van der Waals surface area contributed by atoms with Crippen molar-refractivity contribution < 1.29 is 14.3 Å². The van der Waals surface area contributed by atoms with Crippen LogP contribution in [-0.2, 0) is 16.0 Å². The van der Waals surface area contributed by atoms with Crippen LogP contribution in [0.5, 0.6) is 5.75 Å². The molecule has 2 aromatic carbocycles. The van der Waals surface area contributed by atoms with E-state index in [9.17, 15) is 9.59 Å². The summed E-state index contributed by atoms with van der Waals surface area (Å²) >= 11 is 0. The molecule has 2 N–H and O–H groups in total. The molecule has 0 radical (unpaired) electrons. The maximum absolute atomic E-state index is 12.4. The van der Waals surface area contributed by atoms with Crippen molar-refractivity contribution in [3.05, 3.63) is 58.7 Å². The largest absolute Gasteiger partial charge is 0.493 e. The summed E-state index contributed by atoms with van der Waals surface area (Å²) < 4.78 is 5.56. The molecule has 0 aliphatic carbocycles. The van der Waals surface area contributed by atoms with Gasteiger partial charge in [0.2, 0.25) is 0 Å². The number of anilines is 1. The lowest BCUT2D eigenvalue weighted by atomic mass is 10.0. The van der Waals surface area contributed by atoms with Gasteiger partial charge in [-0.3, -0.25) is 9.59 Å². The van der Waals surface area contributed by atoms with E-state index < -0.39 is 11.8 Å². The molecule has 0 bridgehead atoms. The van der Waals surface area contributed by atoms with Crippen molar-refractivity contribution >= 4 is 17.5 Å². The van der Waals surface area contributed by atoms with Crippen LogP contribution in [0.2, 0.25) is 0 Å². The van der Waals surface area contributed by atoms with Crippen LogP contribution >= 0.6 is 0 Å². The van der Waals surface area contributed by atoms with Crippen LogP contribution in [0.3, 0.4) is 0 Å². The van der Waals surface area contributed by atoms with Gasteiger partial charge in [0.25, 0.3) is 0 Å². The van der Waals surface area contributed by atoms with Crippen LogP contribution in [0.4, 0.5) is 5.69 Å². The molecule has 2 amide bonds. The van der Waals surface area contributed by atoms with E-state index in [1.807, 2.05) is 63.2 Å². The van der Waals surface area contributed by atoms with Crippen LogP contribution in [-0.4, -0.2) is 44.0 Å². The number of carbonyl (C=O) groups excluding carboxylic acids is 2. The maximum atomic E-state index is 12.4. The number of rotatable bonds is 5. The third-order valence-electron chi connectivity index (χ3n) is 5.10. The Hall–Kier alpha value is -2.86. The number of hydrogen-bond donors (Lipinski definition) is 2. The number of nitrogens with zero attached hydrogens (tertiary/aromatic N) is 1. The molecular weight excluding hydrogens is 354 g/mol. The Morgan fingerprint density at radius 3 is 2.50 bits per heavy atom. The molecule has 1 atom stereocenters. The number of para-hydroxylation sites is 1. The fraction of sp³-hybridized carbons (Fsp3) is 0.364. The molecule has 1 aliphatic rings. The van der Waals surface area contributed by atoms with Gasteiger partial charge in [-0.2, -0.15) is 0 Å². The lowest BCUT2D eigenvalue weighted by Gasteiger charge is -2.25. The number of carbonyl (C=O) groups is 2. The summed E-state index contributed by atoms with van der Waals surface area (Å²) in [5.41, 5.74) is 4.80. The van der Waals surface area contributed by atoms with Crippen molar-refractivity contribution in [1.29, 1.82) is 0 Å². The number of benzene rings is 2. The Labute approximate surface area is 165 Å². The van der Waals surface area contributed by atoms with E-state index >= 15 is 0 Å². The number of fused-ring (bicyclic) bond motifs is 1. The lowest BCUT2D eigenvalue weighted by molar-refractivity contribution is -0.136. The van der Waals surface area contributed by atoms with Crippen molar-refractivity contribution in [2.75, 3.05) is 32.6 Å². The zero-order valence-corrected chi connectivity index (χ0v) is 16.8. The zero-order chi connectivity index (χ0) is 20.3. The van der Waals surface area contributed by atoms with Gasteiger partial charge in [-0.15, -0.1) is 0 Å². The van der Waals surface area contributed by atoms with Crippen LogP contribution < -0.4 is 15.4 Å². The molecule has 28 heavy (non-hydrogen) atoms. The molecule has 0 fully saturated rings. The van der Waals surface area contributed by atoms with Gasteiger partial charge in [0.15, 0.2) is 0 Å². The smallest absolute Gasteiger partial charge is 0.313 e. The Morgan fingerprint density at radius 1 is 1.11 bits per heavy atom. The highest BCUT2D eigenvalue weighted by Gasteiger charge is 2.21. The molecule has 6 heteroatoms. The first-order valence-electron chi connectivity index (χ1n) is 9.44. The fourth-order valence-electron chi connectivity index (χ4n) is 3.46. The van der Waals surface area contributed by atoms with Crippen LogP contribution in [0.25, 0.3) is 0 Å². The highest BCUT2D eigenvalue weighted by Crippen LogP contribution is 2.29. The summed E-state index contributed by atoms with van der Waals surface area (Å²) in [7, 11) is 3.91. The summed E-state index contributed by atoms with van der Waals surface area (Å²) in [6, 6.07) is 11.8. The number of ether oxygens (including phenoxy) is 1. The van der Waals surface area contributed by atoms with E-state index in [-0.39, 0.29) is 6.04 Å². The molecule has 2 aromatic rings. The average molecular weight is 381 g/mol. The summed E-state index contributed by atoms with van der Waals surface area (Å²) in [6.07, 6.45) is 0.897. The minimum absolute atomic E-state index is 0.0390. The third-order valence-corrected chi connectivity index (χ3v) is 5.10. The predicted octanol–water partition coefficient (Wildman–Crippen LogP) is 2.60. The van der Waals surface area contributed by atoms with Gasteiger partial charge in [0.05, 0.1) is 12.6 Å². The van der Waals surface area contributed by atoms with Crippen molar-refractivity contribution in [3.63, 3.8) is 0 Å². The topological polar surface area (TPSA) is 70.7 Å². The monoisotopic (exact) mass is 381 g/mol. The Kier molecular flexibility index (Phi) is 5.99. The summed E-state index contributed by atoms with van der Waals surface area (Å²) in [4.78, 5) is 26.7. The molecule has 1 aliphatic heterocycles. The highest BCUT2D eigenvalue weighted by atomic mass is 16.5. The first-order chi connectivity index (χ1) is 13.4. The van der Waals surface area contributed by atoms with Crippen molar-refractivity contribution in [2.24, 2.45) is 0 Å². The summed E-state index contributed by atoms with van der Waals surface area (Å²) in [6.45, 7) is 4.85. The Bertz CT molecular complexity index is 872. The molecule has 1 unspecified atom stereocenters. The normalized spacial score (nSPS) is 13.6. The van der Waals surface area contributed by atoms with Gasteiger partial charge in [-0.05, 0) is 56.3 Å². The number of amides is 2. The SMILES string of the molecule is Cc1cccc(C)c1NC(=O)C(=O)NCC(c1ccc2c(c1)CCO2)N(C)C. The molecular formula is C22H27N3O3. The number of aryl methyl sites for hydroxylation is 2. The molecule has 3 rings (SSSR count). The van der Waals surface area contributed by atoms with E-state index in [1.54, 1.807) is 0 Å². The third kappa shape index (κ3) is 4.34. The van der Waals surface area contributed by atoms with Crippen LogP contribution in [0.1, 0.15) is 28.3 Å². The van der Waals surface area contributed by atoms with E-state index in [1.165, 1.54) is 5.56 Å². The second-order valence-electron chi connectivity index (χ2n) is 7.38. The molecule has 1 heterocycles. The van der Waals surface area contributed by atoms with Gasteiger partial charge >= 0.3 is 11.8 Å². The molecule has 0 saturated carbocycles. The Balaban J connectivity index is 1.65. The molecule has 0 spiro atoms. The van der Waals surface area contributed by atoms with Gasteiger partial charge in [-0.25, -0.2) is 0 Å². The molecule has 148 valence electrons.